The van der Waals surface area contributed by atoms with Gasteiger partial charge < -0.3 is 5.32 Å². The minimum Gasteiger partial charge on any atom is -0.325 e. The third-order valence-electron chi connectivity index (χ3n) is 4.96. The molecule has 4 heterocycles. The van der Waals surface area contributed by atoms with Crippen molar-refractivity contribution in [3.05, 3.63) is 54.4 Å². The molecule has 30 heavy (non-hydrogen) atoms. The molecule has 1 aliphatic rings. The standard InChI is InChI=1S/C20H23N7O2S/c1-14-18(27-10-4-9-26(3)30(27,28)29)11-17(13-23-14)16-5-7-22-20(12-16)25-19-6-8-21-15(2)24-19/h5-8,11-13H,4,9-10H2,1-3H3,(H,21,22,24,25). The second kappa shape index (κ2) is 7.96. The fourth-order valence-electron chi connectivity index (χ4n) is 3.35. The van der Waals surface area contributed by atoms with Gasteiger partial charge in [-0.2, -0.15) is 12.7 Å². The number of hydrogen-bond acceptors (Lipinski definition) is 7. The average molecular weight is 426 g/mol. The zero-order valence-electron chi connectivity index (χ0n) is 17.1. The largest absolute Gasteiger partial charge is 0.325 e. The van der Waals surface area contributed by atoms with Crippen LogP contribution in [0.5, 0.6) is 0 Å². The van der Waals surface area contributed by atoms with Crippen molar-refractivity contribution >= 4 is 27.5 Å². The van der Waals surface area contributed by atoms with Crippen molar-refractivity contribution in [1.82, 2.24) is 24.2 Å². The van der Waals surface area contributed by atoms with Gasteiger partial charge in [0.25, 0.3) is 0 Å². The third-order valence-corrected chi connectivity index (χ3v) is 6.87. The lowest BCUT2D eigenvalue weighted by Crippen LogP contribution is -2.48. The summed E-state index contributed by atoms with van der Waals surface area (Å²) in [6.45, 7) is 4.60. The van der Waals surface area contributed by atoms with Gasteiger partial charge in [0.05, 0.1) is 11.4 Å². The molecule has 0 atom stereocenters. The molecule has 4 rings (SSSR count). The van der Waals surface area contributed by atoms with Crippen LogP contribution in [0.3, 0.4) is 0 Å². The lowest BCUT2D eigenvalue weighted by Gasteiger charge is -2.34. The smallest absolute Gasteiger partial charge is 0.303 e. The number of aryl methyl sites for hydroxylation is 2. The van der Waals surface area contributed by atoms with Crippen molar-refractivity contribution in [2.45, 2.75) is 20.3 Å². The highest BCUT2D eigenvalue weighted by atomic mass is 32.2. The van der Waals surface area contributed by atoms with E-state index >= 15 is 0 Å². The quantitative estimate of drug-likeness (QED) is 0.685. The topological polar surface area (TPSA) is 104 Å². The van der Waals surface area contributed by atoms with Gasteiger partial charge in [-0.05, 0) is 50.1 Å². The average Bonchev–Trinajstić information content (AvgIpc) is 2.71. The van der Waals surface area contributed by atoms with Gasteiger partial charge in [-0.3, -0.25) is 9.29 Å². The van der Waals surface area contributed by atoms with Crippen LogP contribution in [-0.4, -0.2) is 52.8 Å². The van der Waals surface area contributed by atoms with Gasteiger partial charge >= 0.3 is 10.2 Å². The van der Waals surface area contributed by atoms with E-state index in [-0.39, 0.29) is 0 Å². The van der Waals surface area contributed by atoms with Crippen LogP contribution >= 0.6 is 0 Å². The Morgan fingerprint density at radius 1 is 0.967 bits per heavy atom. The maximum Gasteiger partial charge on any atom is 0.303 e. The Bertz CT molecular complexity index is 1180. The van der Waals surface area contributed by atoms with Gasteiger partial charge in [0, 0.05) is 44.3 Å². The first-order valence-electron chi connectivity index (χ1n) is 9.58. The second-order valence-corrected chi connectivity index (χ2v) is 9.09. The molecule has 10 heteroatoms. The fraction of sp³-hybridized carbons (Fsp3) is 0.300. The van der Waals surface area contributed by atoms with Crippen LogP contribution in [-0.2, 0) is 10.2 Å². The minimum atomic E-state index is -3.54. The highest BCUT2D eigenvalue weighted by molar-refractivity contribution is 7.90. The van der Waals surface area contributed by atoms with E-state index < -0.39 is 10.2 Å². The summed E-state index contributed by atoms with van der Waals surface area (Å²) in [6.07, 6.45) is 5.88. The molecule has 3 aromatic rings. The van der Waals surface area contributed by atoms with Gasteiger partial charge in [0.2, 0.25) is 0 Å². The Morgan fingerprint density at radius 2 is 1.77 bits per heavy atom. The summed E-state index contributed by atoms with van der Waals surface area (Å²) >= 11 is 0. The van der Waals surface area contributed by atoms with Crippen molar-refractivity contribution in [2.75, 3.05) is 29.8 Å². The summed E-state index contributed by atoms with van der Waals surface area (Å²) in [5, 5.41) is 3.17. The Morgan fingerprint density at radius 3 is 2.57 bits per heavy atom. The summed E-state index contributed by atoms with van der Waals surface area (Å²) in [4.78, 5) is 17.2. The summed E-state index contributed by atoms with van der Waals surface area (Å²) in [5.74, 6) is 1.94. The molecule has 1 N–H and O–H groups in total. The fourth-order valence-corrected chi connectivity index (χ4v) is 4.84. The summed E-state index contributed by atoms with van der Waals surface area (Å²) in [7, 11) is -1.94. The number of nitrogens with one attached hydrogen (secondary N) is 1. The molecule has 0 unspecified atom stereocenters. The molecule has 1 fully saturated rings. The van der Waals surface area contributed by atoms with Crippen molar-refractivity contribution in [3.8, 4) is 11.1 Å². The highest BCUT2D eigenvalue weighted by Gasteiger charge is 2.32. The van der Waals surface area contributed by atoms with Crippen molar-refractivity contribution < 1.29 is 8.42 Å². The van der Waals surface area contributed by atoms with E-state index in [1.807, 2.05) is 32.0 Å². The SMILES string of the molecule is Cc1nccc(Nc2cc(-c3cnc(C)c(N4CCCN(C)S4(=O)=O)c3)ccn2)n1. The monoisotopic (exact) mass is 425 g/mol. The molecule has 0 radical (unpaired) electrons. The molecule has 0 spiro atoms. The van der Waals surface area contributed by atoms with Gasteiger partial charge in [0.15, 0.2) is 0 Å². The first kappa shape index (κ1) is 20.2. The van der Waals surface area contributed by atoms with Gasteiger partial charge in [-0.15, -0.1) is 0 Å². The normalized spacial score (nSPS) is 16.4. The number of rotatable bonds is 4. The Labute approximate surface area is 176 Å². The molecular weight excluding hydrogens is 402 g/mol. The number of pyridine rings is 2. The van der Waals surface area contributed by atoms with E-state index in [1.165, 1.54) is 8.61 Å². The molecule has 1 aliphatic heterocycles. The van der Waals surface area contributed by atoms with Gasteiger partial charge in [0.1, 0.15) is 17.5 Å². The van der Waals surface area contributed by atoms with E-state index in [0.717, 1.165) is 17.5 Å². The number of anilines is 3. The van der Waals surface area contributed by atoms with Crippen LogP contribution in [0.1, 0.15) is 17.9 Å². The summed E-state index contributed by atoms with van der Waals surface area (Å²) < 4.78 is 28.4. The molecular formula is C20H23N7O2S. The van der Waals surface area contributed by atoms with Crippen LogP contribution in [0, 0.1) is 13.8 Å². The molecule has 0 saturated carbocycles. The number of hydrogen-bond donors (Lipinski definition) is 1. The lowest BCUT2D eigenvalue weighted by molar-refractivity contribution is 0.438. The predicted molar refractivity (Wildman–Crippen MR) is 116 cm³/mol. The van der Waals surface area contributed by atoms with Gasteiger partial charge in [-0.25, -0.2) is 15.0 Å². The van der Waals surface area contributed by atoms with E-state index in [1.54, 1.807) is 31.7 Å². The van der Waals surface area contributed by atoms with E-state index in [2.05, 4.69) is 25.3 Å². The lowest BCUT2D eigenvalue weighted by atomic mass is 10.1. The van der Waals surface area contributed by atoms with E-state index in [0.29, 0.717) is 41.9 Å². The maximum atomic E-state index is 12.8. The molecule has 3 aromatic heterocycles. The molecule has 0 aromatic carbocycles. The van der Waals surface area contributed by atoms with Crippen molar-refractivity contribution in [3.63, 3.8) is 0 Å². The van der Waals surface area contributed by atoms with Crippen LogP contribution in [0.15, 0.2) is 42.9 Å². The molecule has 156 valence electrons. The molecule has 1 saturated heterocycles. The summed E-state index contributed by atoms with van der Waals surface area (Å²) in [5.41, 5.74) is 2.94. The molecule has 0 aliphatic carbocycles. The van der Waals surface area contributed by atoms with E-state index in [9.17, 15) is 8.42 Å². The third kappa shape index (κ3) is 3.96. The van der Waals surface area contributed by atoms with Crippen LogP contribution < -0.4 is 9.62 Å². The Kier molecular flexibility index (Phi) is 5.35. The Hall–Kier alpha value is -3.11. The van der Waals surface area contributed by atoms with Gasteiger partial charge in [-0.1, -0.05) is 0 Å². The molecule has 0 amide bonds. The zero-order valence-corrected chi connectivity index (χ0v) is 17.9. The first-order chi connectivity index (χ1) is 14.3. The van der Waals surface area contributed by atoms with Crippen LogP contribution in [0.25, 0.3) is 11.1 Å². The zero-order chi connectivity index (χ0) is 21.3. The maximum absolute atomic E-state index is 12.8. The Balaban J connectivity index is 1.68. The van der Waals surface area contributed by atoms with Crippen LogP contribution in [0.2, 0.25) is 0 Å². The minimum absolute atomic E-state index is 0.439. The summed E-state index contributed by atoms with van der Waals surface area (Å²) in [6, 6.07) is 7.38. The molecule has 0 bridgehead atoms. The van der Waals surface area contributed by atoms with Crippen LogP contribution in [0.4, 0.5) is 17.3 Å². The highest BCUT2D eigenvalue weighted by Crippen LogP contribution is 2.31. The first-order valence-corrected chi connectivity index (χ1v) is 11.0. The van der Waals surface area contributed by atoms with Crippen molar-refractivity contribution in [1.29, 1.82) is 0 Å². The van der Waals surface area contributed by atoms with Crippen molar-refractivity contribution in [2.24, 2.45) is 0 Å². The number of nitrogens with zero attached hydrogens (tertiary/aromatic N) is 6. The molecule has 9 nitrogen and oxygen atoms in total. The van der Waals surface area contributed by atoms with E-state index in [4.69, 9.17) is 0 Å². The predicted octanol–water partition coefficient (Wildman–Crippen LogP) is 2.68. The number of aromatic nitrogens is 4. The second-order valence-electron chi connectivity index (χ2n) is 7.13.